The Morgan fingerprint density at radius 2 is 1.86 bits per heavy atom. The van der Waals surface area contributed by atoms with Gasteiger partial charge in [-0.15, -0.1) is 11.3 Å². The summed E-state index contributed by atoms with van der Waals surface area (Å²) in [6.07, 6.45) is 0. The summed E-state index contributed by atoms with van der Waals surface area (Å²) >= 11 is 1.29. The maximum absolute atomic E-state index is 13.3. The van der Waals surface area contributed by atoms with Crippen LogP contribution in [0.5, 0.6) is 0 Å². The predicted molar refractivity (Wildman–Crippen MR) is 110 cm³/mol. The first-order valence-electron chi connectivity index (χ1n) is 9.14. The van der Waals surface area contributed by atoms with E-state index >= 15 is 0 Å². The van der Waals surface area contributed by atoms with Gasteiger partial charge in [0.05, 0.1) is 27.2 Å². The number of hydrogen-bond acceptors (Lipinski definition) is 6. The number of hydrogen-bond donors (Lipinski definition) is 1. The molecular weight excluding hydrogens is 374 g/mol. The van der Waals surface area contributed by atoms with Crippen molar-refractivity contribution in [2.45, 2.75) is 26.8 Å². The molecule has 0 saturated carbocycles. The zero-order valence-electron chi connectivity index (χ0n) is 16.8. The van der Waals surface area contributed by atoms with Crippen molar-refractivity contribution in [3.8, 4) is 0 Å². The van der Waals surface area contributed by atoms with E-state index in [1.54, 1.807) is 11.8 Å². The van der Waals surface area contributed by atoms with Crippen LogP contribution in [0.4, 0.5) is 0 Å². The summed E-state index contributed by atoms with van der Waals surface area (Å²) in [7, 11) is 3.84. The fraction of sp³-hybridized carbons (Fsp3) is 0.381. The Morgan fingerprint density at radius 3 is 2.39 bits per heavy atom. The van der Waals surface area contributed by atoms with Gasteiger partial charge in [-0.05, 0) is 40.4 Å². The third-order valence-electron chi connectivity index (χ3n) is 4.84. The Labute approximate surface area is 169 Å². The van der Waals surface area contributed by atoms with Crippen LogP contribution in [0.15, 0.2) is 35.6 Å². The van der Waals surface area contributed by atoms with E-state index in [4.69, 9.17) is 0 Å². The van der Waals surface area contributed by atoms with Gasteiger partial charge in [-0.1, -0.05) is 29.8 Å². The lowest BCUT2D eigenvalue weighted by atomic mass is 9.94. The van der Waals surface area contributed by atoms with Gasteiger partial charge in [0.2, 0.25) is 5.78 Å². The van der Waals surface area contributed by atoms with Crippen LogP contribution in [-0.4, -0.2) is 58.8 Å². The van der Waals surface area contributed by atoms with Crippen molar-refractivity contribution in [3.05, 3.63) is 62.3 Å². The van der Waals surface area contributed by atoms with Gasteiger partial charge in [0.25, 0.3) is 5.91 Å². The first kappa shape index (κ1) is 20.2. The summed E-state index contributed by atoms with van der Waals surface area (Å²) in [5.41, 5.74) is 2.65. The Hall–Kier alpha value is -2.51. The van der Waals surface area contributed by atoms with Crippen LogP contribution in [0.3, 0.4) is 0 Å². The molecule has 0 fully saturated rings. The standard InChI is InChI=1S/C21H25N3O3S/c1-12-6-8-15(9-7-12)17-16(18(25)20-13(2)22-14(3)28-20)19(26)21(27)24(17)11-10-23(4)5/h6-9,17,26H,10-11H2,1-5H3/t17-/m0/s1. The molecule has 1 amide bonds. The topological polar surface area (TPSA) is 73.7 Å². The second kappa shape index (κ2) is 7.85. The van der Waals surface area contributed by atoms with E-state index in [1.165, 1.54) is 11.3 Å². The van der Waals surface area contributed by atoms with Crippen LogP contribution in [0.25, 0.3) is 0 Å². The maximum Gasteiger partial charge on any atom is 0.290 e. The van der Waals surface area contributed by atoms with E-state index in [0.717, 1.165) is 16.1 Å². The molecule has 7 heteroatoms. The minimum absolute atomic E-state index is 0.138. The maximum atomic E-state index is 13.3. The van der Waals surface area contributed by atoms with Gasteiger partial charge >= 0.3 is 0 Å². The molecule has 0 spiro atoms. The molecule has 3 rings (SSSR count). The molecule has 1 N–H and O–H groups in total. The molecule has 6 nitrogen and oxygen atoms in total. The molecule has 2 heterocycles. The van der Waals surface area contributed by atoms with Gasteiger partial charge in [-0.25, -0.2) is 4.98 Å². The number of ketones is 1. The molecule has 1 aromatic carbocycles. The molecular formula is C21H25N3O3S. The van der Waals surface area contributed by atoms with Crippen LogP contribution in [-0.2, 0) is 4.79 Å². The average Bonchev–Trinajstić information content (AvgIpc) is 3.10. The van der Waals surface area contributed by atoms with Crippen molar-refractivity contribution in [1.29, 1.82) is 0 Å². The molecule has 0 bridgehead atoms. The number of benzene rings is 1. The Kier molecular flexibility index (Phi) is 5.67. The molecule has 2 aromatic rings. The number of Topliss-reactive ketones (excluding diaryl/α,β-unsaturated/α-hetero) is 1. The fourth-order valence-electron chi connectivity index (χ4n) is 3.38. The van der Waals surface area contributed by atoms with Crippen LogP contribution in [0.2, 0.25) is 0 Å². The van der Waals surface area contributed by atoms with E-state index in [1.807, 2.05) is 57.1 Å². The zero-order valence-corrected chi connectivity index (χ0v) is 17.6. The summed E-state index contributed by atoms with van der Waals surface area (Å²) < 4.78 is 0. The highest BCUT2D eigenvalue weighted by atomic mass is 32.1. The molecule has 1 aliphatic heterocycles. The largest absolute Gasteiger partial charge is 0.503 e. The van der Waals surface area contributed by atoms with Gasteiger partial charge in [-0.3, -0.25) is 9.59 Å². The Morgan fingerprint density at radius 1 is 1.21 bits per heavy atom. The summed E-state index contributed by atoms with van der Waals surface area (Å²) in [5, 5.41) is 11.4. The monoisotopic (exact) mass is 399 g/mol. The first-order valence-corrected chi connectivity index (χ1v) is 9.96. The van der Waals surface area contributed by atoms with Gasteiger partial charge in [0.15, 0.2) is 5.76 Å². The number of carbonyl (C=O) groups excluding carboxylic acids is 2. The Balaban J connectivity index is 2.08. The number of thiazole rings is 1. The van der Waals surface area contributed by atoms with Crippen molar-refractivity contribution < 1.29 is 14.7 Å². The second-order valence-electron chi connectivity index (χ2n) is 7.35. The molecule has 0 aliphatic carbocycles. The van der Waals surface area contributed by atoms with Gasteiger partial charge in [0.1, 0.15) is 0 Å². The van der Waals surface area contributed by atoms with E-state index in [2.05, 4.69) is 4.98 Å². The van der Waals surface area contributed by atoms with Crippen LogP contribution in [0.1, 0.15) is 37.5 Å². The lowest BCUT2D eigenvalue weighted by Crippen LogP contribution is -2.36. The fourth-order valence-corrected chi connectivity index (χ4v) is 4.26. The minimum Gasteiger partial charge on any atom is -0.503 e. The molecule has 1 atom stereocenters. The van der Waals surface area contributed by atoms with E-state index in [9.17, 15) is 14.7 Å². The molecule has 0 radical (unpaired) electrons. The van der Waals surface area contributed by atoms with Crippen molar-refractivity contribution >= 4 is 23.0 Å². The van der Waals surface area contributed by atoms with Crippen molar-refractivity contribution in [1.82, 2.24) is 14.8 Å². The summed E-state index contributed by atoms with van der Waals surface area (Å²) in [4.78, 5) is 34.5. The van der Waals surface area contributed by atoms with Gasteiger partial charge < -0.3 is 14.9 Å². The number of carbonyl (C=O) groups is 2. The summed E-state index contributed by atoms with van der Waals surface area (Å²) in [6, 6.07) is 7.11. The van der Waals surface area contributed by atoms with Gasteiger partial charge in [-0.2, -0.15) is 0 Å². The third-order valence-corrected chi connectivity index (χ3v) is 5.91. The van der Waals surface area contributed by atoms with E-state index in [-0.39, 0.29) is 11.4 Å². The molecule has 0 saturated heterocycles. The average molecular weight is 400 g/mol. The van der Waals surface area contributed by atoms with Crippen LogP contribution >= 0.6 is 11.3 Å². The number of likely N-dealkylation sites (N-methyl/N-ethyl adjacent to an activating group) is 1. The number of aryl methyl sites for hydroxylation is 3. The summed E-state index contributed by atoms with van der Waals surface area (Å²) in [6.45, 7) is 6.63. The number of amides is 1. The SMILES string of the molecule is Cc1ccc([C@H]2C(C(=O)c3sc(C)nc3C)=C(O)C(=O)N2CCN(C)C)cc1. The quantitative estimate of drug-likeness (QED) is 0.755. The highest BCUT2D eigenvalue weighted by molar-refractivity contribution is 7.14. The number of aliphatic hydroxyl groups excluding tert-OH is 1. The van der Waals surface area contributed by atoms with Gasteiger partial charge in [0, 0.05) is 13.1 Å². The number of aliphatic hydroxyl groups is 1. The number of rotatable bonds is 6. The highest BCUT2D eigenvalue weighted by Crippen LogP contribution is 2.40. The van der Waals surface area contributed by atoms with Crippen LogP contribution < -0.4 is 0 Å². The molecule has 148 valence electrons. The first-order chi connectivity index (χ1) is 13.2. The lowest BCUT2D eigenvalue weighted by molar-refractivity contribution is -0.129. The van der Waals surface area contributed by atoms with Crippen molar-refractivity contribution in [2.24, 2.45) is 0 Å². The Bertz CT molecular complexity index is 944. The van der Waals surface area contributed by atoms with Crippen molar-refractivity contribution in [3.63, 3.8) is 0 Å². The number of aromatic nitrogens is 1. The predicted octanol–water partition coefficient (Wildman–Crippen LogP) is 3.21. The van der Waals surface area contributed by atoms with Crippen molar-refractivity contribution in [2.75, 3.05) is 27.2 Å². The second-order valence-corrected chi connectivity index (χ2v) is 8.56. The summed E-state index contributed by atoms with van der Waals surface area (Å²) in [5.74, 6) is -1.29. The van der Waals surface area contributed by atoms with Crippen LogP contribution in [0, 0.1) is 20.8 Å². The zero-order chi connectivity index (χ0) is 20.6. The van der Waals surface area contributed by atoms with E-state index < -0.39 is 17.7 Å². The molecule has 1 aliphatic rings. The molecule has 28 heavy (non-hydrogen) atoms. The molecule has 1 aromatic heterocycles. The highest BCUT2D eigenvalue weighted by Gasteiger charge is 2.44. The van der Waals surface area contributed by atoms with E-state index in [0.29, 0.717) is 23.7 Å². The number of nitrogens with zero attached hydrogens (tertiary/aromatic N) is 3. The third kappa shape index (κ3) is 3.72. The molecule has 0 unspecified atom stereocenters. The smallest absolute Gasteiger partial charge is 0.290 e. The lowest BCUT2D eigenvalue weighted by Gasteiger charge is -2.28. The normalized spacial score (nSPS) is 17.1. The minimum atomic E-state index is -0.609.